The Kier molecular flexibility index (Phi) is 31.8. The van der Waals surface area contributed by atoms with Gasteiger partial charge in [0.1, 0.15) is 30.7 Å². The molecule has 1 saturated heterocycles. The Labute approximate surface area is 392 Å². The Morgan fingerprint density at radius 2 is 1.23 bits per heavy atom. The molecule has 0 bridgehead atoms. The minimum atomic E-state index is -5.42. The van der Waals surface area contributed by atoms with Crippen molar-refractivity contribution < 1.29 is 66.3 Å². The monoisotopic (exact) mass is 978 g/mol. The number of unbranched alkanes of at least 4 members (excludes halogenated alkanes) is 20. The molecule has 3 unspecified atom stereocenters. The average molecular weight is 978 g/mol. The Morgan fingerprint density at radius 3 is 1.80 bits per heavy atom. The summed E-state index contributed by atoms with van der Waals surface area (Å²) in [6, 6.07) is 1.25. The number of phosphoric acid groups is 2. The lowest BCUT2D eigenvalue weighted by Gasteiger charge is -2.21. The number of carbonyl (C=O) groups is 2. The maximum atomic E-state index is 12.8. The van der Waals surface area contributed by atoms with Crippen LogP contribution in [0.3, 0.4) is 0 Å². The van der Waals surface area contributed by atoms with E-state index in [9.17, 15) is 43.5 Å². The number of nitrogens with two attached hydrogens (primary N) is 1. The van der Waals surface area contributed by atoms with E-state index < -0.39 is 83.7 Å². The van der Waals surface area contributed by atoms with Gasteiger partial charge in [0.25, 0.3) is 0 Å². The molecule has 1 aromatic rings. The molecule has 2 rings (SSSR count). The highest BCUT2D eigenvalue weighted by atomic mass is 31.3. The highest BCUT2D eigenvalue weighted by Gasteiger charge is 2.46. The fourth-order valence-corrected chi connectivity index (χ4v) is 9.34. The number of anilines is 1. The van der Waals surface area contributed by atoms with Crippen LogP contribution in [0.4, 0.5) is 5.82 Å². The van der Waals surface area contributed by atoms with Crippen molar-refractivity contribution in [1.82, 2.24) is 9.55 Å². The Hall–Kier alpha value is -2.76. The predicted octanol–water partition coefficient (Wildman–Crippen LogP) is 9.45. The molecule has 0 spiro atoms. The van der Waals surface area contributed by atoms with E-state index in [0.717, 1.165) is 81.4 Å². The summed E-state index contributed by atoms with van der Waals surface area (Å²) in [7, 11) is -10.8. The van der Waals surface area contributed by atoms with Gasteiger partial charge in [-0.2, -0.15) is 9.29 Å². The topological polar surface area (TPSA) is 265 Å². The minimum Gasteiger partial charge on any atom is -0.462 e. The summed E-state index contributed by atoms with van der Waals surface area (Å²) in [5, 5.41) is 20.9. The van der Waals surface area contributed by atoms with E-state index in [1.807, 2.05) is 0 Å². The molecule has 1 aromatic heterocycles. The van der Waals surface area contributed by atoms with Crippen LogP contribution in [0.25, 0.3) is 0 Å². The van der Waals surface area contributed by atoms with Gasteiger partial charge in [-0.25, -0.2) is 13.9 Å². The van der Waals surface area contributed by atoms with Gasteiger partial charge in [0.2, 0.25) is 0 Å². The van der Waals surface area contributed by atoms with E-state index in [-0.39, 0.29) is 18.7 Å². The van der Waals surface area contributed by atoms with Crippen LogP contribution >= 0.6 is 15.6 Å². The standard InChI is InChI=1S/C46H81N3O15P2/c1-3-5-7-9-11-13-15-17-18-20-22-24-26-28-30-32-42(51)62-38(35-59-41(50)31-29-27-25-23-21-19-16-14-12-10-8-6-4-2)36-60-65(55,56)64-66(57,58)61-37-39-43(52)44(53)45(63-39)49-34-33-40(47)48-46(49)54/h11,13,17-18,33-34,38-39,43-45,52-53H,3-10,12,14-16,19-32,35-37H2,1-2H3,(H,55,56)(H,57,58)(H2,47,48,54)/t38-,39-,43+,44?,45-/m1/s1. The number of aliphatic hydroxyl groups excluding tert-OH is 2. The third-order valence-electron chi connectivity index (χ3n) is 11.0. The number of carbonyl (C=O) groups excluding carboxylic acids is 2. The van der Waals surface area contributed by atoms with Crippen molar-refractivity contribution in [3.05, 3.63) is 47.1 Å². The molecule has 0 amide bonds. The molecule has 66 heavy (non-hydrogen) atoms. The largest absolute Gasteiger partial charge is 0.481 e. The van der Waals surface area contributed by atoms with E-state index in [0.29, 0.717) is 12.8 Å². The van der Waals surface area contributed by atoms with Crippen molar-refractivity contribution >= 4 is 33.4 Å². The molecule has 7 atom stereocenters. The van der Waals surface area contributed by atoms with Crippen LogP contribution in [0.1, 0.15) is 187 Å². The summed E-state index contributed by atoms with van der Waals surface area (Å²) < 4.78 is 56.7. The first-order chi connectivity index (χ1) is 31.7. The van der Waals surface area contributed by atoms with Crippen LogP contribution in [0, 0.1) is 0 Å². The number of allylic oxidation sites excluding steroid dienone is 4. The molecule has 0 saturated carbocycles. The van der Waals surface area contributed by atoms with E-state index in [1.165, 1.54) is 76.7 Å². The fourth-order valence-electron chi connectivity index (χ4n) is 7.23. The number of aromatic nitrogens is 2. The molecule has 1 aliphatic rings. The van der Waals surface area contributed by atoms with Crippen LogP contribution in [-0.4, -0.2) is 85.7 Å². The summed E-state index contributed by atoms with van der Waals surface area (Å²) >= 11 is 0. The van der Waals surface area contributed by atoms with Gasteiger partial charge in [-0.15, -0.1) is 0 Å². The maximum Gasteiger partial charge on any atom is 0.481 e. The quantitative estimate of drug-likeness (QED) is 0.0177. The lowest BCUT2D eigenvalue weighted by molar-refractivity contribution is -0.161. The van der Waals surface area contributed by atoms with Crippen LogP contribution < -0.4 is 11.4 Å². The number of esters is 2. The normalized spacial score (nSPS) is 19.8. The van der Waals surface area contributed by atoms with Crippen LogP contribution in [-0.2, 0) is 46.3 Å². The smallest absolute Gasteiger partial charge is 0.462 e. The number of nitrogen functional groups attached to an aromatic ring is 1. The molecule has 2 heterocycles. The van der Waals surface area contributed by atoms with Gasteiger partial charge in [-0.05, 0) is 51.0 Å². The SMILES string of the molecule is CCCCCC=CCC=CCCCCCCCC(=O)O[C@H](COC(=O)CCCCCCCCCCCCCCC)COP(=O)(O)OP(=O)(O)OC[C@H]1O[C@@H](n2ccc(N)nc2=O)C(O)[C@H]1O. The third kappa shape index (κ3) is 27.9. The van der Waals surface area contributed by atoms with Crippen molar-refractivity contribution in [2.24, 2.45) is 0 Å². The maximum absolute atomic E-state index is 12.8. The predicted molar refractivity (Wildman–Crippen MR) is 252 cm³/mol. The zero-order chi connectivity index (χ0) is 48.5. The second kappa shape index (κ2) is 35.4. The van der Waals surface area contributed by atoms with Crippen molar-refractivity contribution in [2.75, 3.05) is 25.6 Å². The molecular formula is C46H81N3O15P2. The highest BCUT2D eigenvalue weighted by Crippen LogP contribution is 2.60. The summed E-state index contributed by atoms with van der Waals surface area (Å²) in [6.07, 6.45) is 28.3. The first-order valence-electron chi connectivity index (χ1n) is 24.3. The second-order valence-corrected chi connectivity index (χ2v) is 20.0. The first-order valence-corrected chi connectivity index (χ1v) is 27.3. The Balaban J connectivity index is 1.82. The summed E-state index contributed by atoms with van der Waals surface area (Å²) in [5.41, 5.74) is 4.58. The van der Waals surface area contributed by atoms with Crippen molar-refractivity contribution in [3.63, 3.8) is 0 Å². The van der Waals surface area contributed by atoms with Gasteiger partial charge < -0.3 is 39.9 Å². The molecule has 0 aromatic carbocycles. The van der Waals surface area contributed by atoms with Crippen LogP contribution in [0.2, 0.25) is 0 Å². The van der Waals surface area contributed by atoms with Crippen molar-refractivity contribution in [1.29, 1.82) is 0 Å². The number of phosphoric ester groups is 2. The minimum absolute atomic E-state index is 0.0367. The molecule has 0 aliphatic carbocycles. The van der Waals surface area contributed by atoms with Crippen LogP contribution in [0.15, 0.2) is 41.4 Å². The van der Waals surface area contributed by atoms with E-state index in [4.69, 9.17) is 29.0 Å². The Morgan fingerprint density at radius 1 is 0.727 bits per heavy atom. The lowest BCUT2D eigenvalue weighted by Crippen LogP contribution is -2.36. The molecule has 18 nitrogen and oxygen atoms in total. The van der Waals surface area contributed by atoms with Gasteiger partial charge in [0.05, 0.1) is 13.2 Å². The van der Waals surface area contributed by atoms with Gasteiger partial charge in [0, 0.05) is 19.0 Å². The van der Waals surface area contributed by atoms with Gasteiger partial charge in [-0.3, -0.25) is 23.2 Å². The Bertz CT molecular complexity index is 1700. The summed E-state index contributed by atoms with van der Waals surface area (Å²) in [4.78, 5) is 61.8. The molecule has 1 aliphatic heterocycles. The zero-order valence-corrected chi connectivity index (χ0v) is 41.3. The van der Waals surface area contributed by atoms with Gasteiger partial charge in [0.15, 0.2) is 12.3 Å². The number of hydrogen-bond acceptors (Lipinski definition) is 15. The van der Waals surface area contributed by atoms with E-state index in [2.05, 4.69) is 47.4 Å². The molecule has 20 heteroatoms. The number of nitrogens with zero attached hydrogens (tertiary/aromatic N) is 2. The zero-order valence-electron chi connectivity index (χ0n) is 39.5. The molecule has 380 valence electrons. The molecular weight excluding hydrogens is 896 g/mol. The molecule has 6 N–H and O–H groups in total. The second-order valence-electron chi connectivity index (χ2n) is 17.0. The lowest BCUT2D eigenvalue weighted by atomic mass is 10.0. The molecule has 0 radical (unpaired) electrons. The van der Waals surface area contributed by atoms with E-state index >= 15 is 0 Å². The number of rotatable bonds is 40. The van der Waals surface area contributed by atoms with Crippen molar-refractivity contribution in [3.8, 4) is 0 Å². The molecule has 1 fully saturated rings. The number of hydrogen-bond donors (Lipinski definition) is 5. The van der Waals surface area contributed by atoms with Crippen molar-refractivity contribution in [2.45, 2.75) is 211 Å². The third-order valence-corrected chi connectivity index (χ3v) is 13.6. The van der Waals surface area contributed by atoms with Crippen LogP contribution in [0.5, 0.6) is 0 Å². The summed E-state index contributed by atoms with van der Waals surface area (Å²) in [6.45, 7) is 2.11. The fraction of sp³-hybridized carbons (Fsp3) is 0.783. The summed E-state index contributed by atoms with van der Waals surface area (Å²) in [5.74, 6) is -1.30. The number of ether oxygens (including phenoxy) is 3. The highest BCUT2D eigenvalue weighted by molar-refractivity contribution is 7.61. The van der Waals surface area contributed by atoms with E-state index in [1.54, 1.807) is 0 Å². The van der Waals surface area contributed by atoms with Gasteiger partial charge >= 0.3 is 33.3 Å². The first kappa shape index (κ1) is 59.4. The average Bonchev–Trinajstić information content (AvgIpc) is 3.55. The van der Waals surface area contributed by atoms with Gasteiger partial charge in [-0.1, -0.05) is 147 Å². The number of aliphatic hydroxyl groups is 2.